The van der Waals surface area contributed by atoms with E-state index in [0.717, 1.165) is 50.3 Å². The van der Waals surface area contributed by atoms with Crippen LogP contribution in [0.25, 0.3) is 11.3 Å². The van der Waals surface area contributed by atoms with E-state index >= 15 is 0 Å². The summed E-state index contributed by atoms with van der Waals surface area (Å²) in [5.74, 6) is -1.68. The third-order valence-electron chi connectivity index (χ3n) is 7.08. The summed E-state index contributed by atoms with van der Waals surface area (Å²) < 4.78 is 86.7. The van der Waals surface area contributed by atoms with Crippen molar-refractivity contribution < 1.29 is 45.1 Å². The molecule has 1 fully saturated rings. The topological polar surface area (TPSA) is 92.6 Å². The van der Waals surface area contributed by atoms with Crippen molar-refractivity contribution in [3.8, 4) is 17.1 Å². The van der Waals surface area contributed by atoms with Crippen LogP contribution >= 0.6 is 0 Å². The van der Waals surface area contributed by atoms with E-state index in [-0.39, 0.29) is 41.8 Å². The Morgan fingerprint density at radius 3 is 2.26 bits per heavy atom. The van der Waals surface area contributed by atoms with Gasteiger partial charge in [-0.05, 0) is 54.8 Å². The number of carbonyl (C=O) groups is 2. The summed E-state index contributed by atoms with van der Waals surface area (Å²) >= 11 is 0. The minimum atomic E-state index is -4.79. The maximum atomic E-state index is 13.5. The van der Waals surface area contributed by atoms with Crippen LogP contribution in [0.1, 0.15) is 54.6 Å². The molecule has 0 bridgehead atoms. The van der Waals surface area contributed by atoms with Gasteiger partial charge >= 0.3 is 12.5 Å². The van der Waals surface area contributed by atoms with Crippen LogP contribution in [0.15, 0.2) is 65.1 Å². The molecule has 2 amide bonds. The summed E-state index contributed by atoms with van der Waals surface area (Å²) in [6.45, 7) is 0.394. The molecule has 13 heteroatoms. The smallest absolute Gasteiger partial charge is 0.451 e. The minimum Gasteiger partial charge on any atom is -0.451 e. The molecular weight excluding hydrogens is 580 g/mol. The number of carbonyl (C=O) groups excluding carboxylic acids is 2. The van der Waals surface area contributed by atoms with Gasteiger partial charge in [0.15, 0.2) is 5.76 Å². The van der Waals surface area contributed by atoms with Crippen molar-refractivity contribution in [2.45, 2.75) is 57.1 Å². The molecule has 7 nitrogen and oxygen atoms in total. The predicted octanol–water partition coefficient (Wildman–Crippen LogP) is 7.16. The van der Waals surface area contributed by atoms with Gasteiger partial charge < -0.3 is 25.1 Å². The SMILES string of the molecule is O=C(N[C@@H](CC1CCCCC1)C(=O)NCCNc1ccc(OC(F)(F)F)cc1)c1ccc(-c2ccccc2C(F)(F)F)o1. The van der Waals surface area contributed by atoms with Crippen LogP contribution in [0.5, 0.6) is 5.75 Å². The highest BCUT2D eigenvalue weighted by atomic mass is 19.4. The highest BCUT2D eigenvalue weighted by molar-refractivity contribution is 5.96. The zero-order valence-electron chi connectivity index (χ0n) is 23.0. The van der Waals surface area contributed by atoms with Crippen LogP contribution in [-0.4, -0.2) is 37.3 Å². The molecule has 0 spiro atoms. The number of rotatable bonds is 11. The maximum absolute atomic E-state index is 13.5. The van der Waals surface area contributed by atoms with Crippen molar-refractivity contribution in [2.75, 3.05) is 18.4 Å². The van der Waals surface area contributed by atoms with Crippen molar-refractivity contribution >= 4 is 17.5 Å². The van der Waals surface area contributed by atoms with Gasteiger partial charge in [0, 0.05) is 24.3 Å². The average molecular weight is 612 g/mol. The minimum absolute atomic E-state index is 0.129. The Morgan fingerprint density at radius 2 is 1.58 bits per heavy atom. The van der Waals surface area contributed by atoms with Gasteiger partial charge in [0.25, 0.3) is 5.91 Å². The van der Waals surface area contributed by atoms with E-state index in [9.17, 15) is 35.9 Å². The van der Waals surface area contributed by atoms with Crippen LogP contribution in [0.4, 0.5) is 32.0 Å². The van der Waals surface area contributed by atoms with Crippen molar-refractivity contribution in [1.82, 2.24) is 10.6 Å². The van der Waals surface area contributed by atoms with Crippen molar-refractivity contribution in [1.29, 1.82) is 0 Å². The zero-order chi connectivity index (χ0) is 31.0. The second kappa shape index (κ2) is 13.9. The highest BCUT2D eigenvalue weighted by Gasteiger charge is 2.34. The first kappa shape index (κ1) is 31.8. The Hall–Kier alpha value is -4.16. The van der Waals surface area contributed by atoms with Crippen LogP contribution in [0.2, 0.25) is 0 Å². The average Bonchev–Trinajstić information content (AvgIpc) is 3.46. The molecule has 3 aromatic rings. The number of benzene rings is 2. The Balaban J connectivity index is 1.37. The van der Waals surface area contributed by atoms with E-state index in [1.165, 1.54) is 42.5 Å². The third-order valence-corrected chi connectivity index (χ3v) is 7.08. The maximum Gasteiger partial charge on any atom is 0.573 e. The lowest BCUT2D eigenvalue weighted by Gasteiger charge is -2.26. The van der Waals surface area contributed by atoms with Gasteiger partial charge in [-0.15, -0.1) is 13.2 Å². The molecule has 1 aromatic heterocycles. The fourth-order valence-electron chi connectivity index (χ4n) is 5.06. The standard InChI is InChI=1S/C30H31F6N3O4/c31-29(32,33)23-9-5-4-8-22(23)25-14-15-26(42-25)28(41)39-24(18-19-6-2-1-3-7-19)27(40)38-17-16-37-20-10-12-21(13-11-20)43-30(34,35)36/h4-5,8-15,19,24,37H,1-3,6-7,16-18H2,(H,38,40)(H,39,41)/t24-/m0/s1. The summed E-state index contributed by atoms with van der Waals surface area (Å²) in [6.07, 6.45) is -4.06. The summed E-state index contributed by atoms with van der Waals surface area (Å²) in [5.41, 5.74) is -0.595. The number of furan rings is 1. The quantitative estimate of drug-likeness (QED) is 0.158. The van der Waals surface area contributed by atoms with Crippen molar-refractivity contribution in [3.05, 3.63) is 72.0 Å². The number of ether oxygens (including phenoxy) is 1. The number of alkyl halides is 6. The van der Waals surface area contributed by atoms with Crippen molar-refractivity contribution in [2.24, 2.45) is 5.92 Å². The molecule has 2 aromatic carbocycles. The van der Waals surface area contributed by atoms with Gasteiger partial charge in [-0.1, -0.05) is 50.3 Å². The van der Waals surface area contributed by atoms with Gasteiger partial charge in [-0.25, -0.2) is 0 Å². The number of hydrogen-bond donors (Lipinski definition) is 3. The Bertz CT molecular complexity index is 1370. The molecule has 1 atom stereocenters. The number of nitrogens with one attached hydrogen (secondary N) is 3. The Morgan fingerprint density at radius 1 is 0.884 bits per heavy atom. The van der Waals surface area contributed by atoms with Crippen molar-refractivity contribution in [3.63, 3.8) is 0 Å². The number of halogens is 6. The fourth-order valence-corrected chi connectivity index (χ4v) is 5.06. The molecule has 0 aliphatic heterocycles. The summed E-state index contributed by atoms with van der Waals surface area (Å²) in [6, 6.07) is 11.6. The molecule has 1 heterocycles. The summed E-state index contributed by atoms with van der Waals surface area (Å²) in [5, 5.41) is 8.41. The molecule has 4 rings (SSSR count). The second-order valence-electron chi connectivity index (χ2n) is 10.3. The molecule has 0 radical (unpaired) electrons. The lowest BCUT2D eigenvalue weighted by atomic mass is 9.84. The van der Waals surface area contributed by atoms with E-state index in [1.807, 2.05) is 0 Å². The largest absolute Gasteiger partial charge is 0.573 e. The van der Waals surface area contributed by atoms with Gasteiger partial charge in [-0.2, -0.15) is 13.2 Å². The van der Waals surface area contributed by atoms with Crippen LogP contribution in [0, 0.1) is 5.92 Å². The van der Waals surface area contributed by atoms with Gasteiger partial charge in [0.05, 0.1) is 5.56 Å². The predicted molar refractivity (Wildman–Crippen MR) is 146 cm³/mol. The van der Waals surface area contributed by atoms with Gasteiger partial charge in [0.2, 0.25) is 5.91 Å². The molecule has 0 saturated heterocycles. The lowest BCUT2D eigenvalue weighted by Crippen LogP contribution is -2.48. The molecular formula is C30H31F6N3O4. The molecule has 43 heavy (non-hydrogen) atoms. The van der Waals surface area contributed by atoms with Crippen LogP contribution in [0.3, 0.4) is 0 Å². The Kier molecular flexibility index (Phi) is 10.3. The van der Waals surface area contributed by atoms with E-state index < -0.39 is 36.0 Å². The zero-order valence-corrected chi connectivity index (χ0v) is 23.0. The van der Waals surface area contributed by atoms with E-state index in [4.69, 9.17) is 4.42 Å². The monoisotopic (exact) mass is 611 g/mol. The summed E-state index contributed by atoms with van der Waals surface area (Å²) in [7, 11) is 0. The molecule has 232 valence electrons. The molecule has 1 saturated carbocycles. The first-order valence-corrected chi connectivity index (χ1v) is 13.8. The molecule has 1 aliphatic rings. The number of hydrogen-bond acceptors (Lipinski definition) is 5. The van der Waals surface area contributed by atoms with E-state index in [1.54, 1.807) is 0 Å². The highest BCUT2D eigenvalue weighted by Crippen LogP contribution is 2.37. The van der Waals surface area contributed by atoms with Crippen LogP contribution < -0.4 is 20.7 Å². The van der Waals surface area contributed by atoms with Gasteiger partial charge in [-0.3, -0.25) is 9.59 Å². The van der Waals surface area contributed by atoms with E-state index in [2.05, 4.69) is 20.7 Å². The molecule has 1 aliphatic carbocycles. The second-order valence-corrected chi connectivity index (χ2v) is 10.3. The summed E-state index contributed by atoms with van der Waals surface area (Å²) in [4.78, 5) is 26.2. The lowest BCUT2D eigenvalue weighted by molar-refractivity contribution is -0.274. The first-order valence-electron chi connectivity index (χ1n) is 13.8. The number of anilines is 1. The van der Waals surface area contributed by atoms with Crippen LogP contribution in [-0.2, 0) is 11.0 Å². The molecule has 0 unspecified atom stereocenters. The fraction of sp³-hybridized carbons (Fsp3) is 0.400. The Labute approximate surface area is 244 Å². The first-order chi connectivity index (χ1) is 20.4. The molecule has 3 N–H and O–H groups in total. The normalized spacial score (nSPS) is 15.0. The van der Waals surface area contributed by atoms with E-state index in [0.29, 0.717) is 12.1 Å². The third kappa shape index (κ3) is 9.42. The number of amides is 2. The van der Waals surface area contributed by atoms with Gasteiger partial charge in [0.1, 0.15) is 17.6 Å².